The first-order valence-corrected chi connectivity index (χ1v) is 5.36. The number of carbonyl (C=O) groups excluding carboxylic acids is 1. The van der Waals surface area contributed by atoms with Gasteiger partial charge < -0.3 is 4.74 Å². The molecule has 0 aliphatic rings. The SMILES string of the molecule is CC(C)(C)OC(=O)Cc1ccc(NC#N)cc1. The Morgan fingerprint density at radius 3 is 2.41 bits per heavy atom. The van der Waals surface area contributed by atoms with Crippen molar-refractivity contribution in [3.63, 3.8) is 0 Å². The molecule has 0 heterocycles. The summed E-state index contributed by atoms with van der Waals surface area (Å²) in [7, 11) is 0. The van der Waals surface area contributed by atoms with Gasteiger partial charge in [-0.05, 0) is 38.5 Å². The largest absolute Gasteiger partial charge is 0.460 e. The van der Waals surface area contributed by atoms with Gasteiger partial charge in [-0.25, -0.2) is 0 Å². The first-order valence-electron chi connectivity index (χ1n) is 5.36. The molecule has 1 aromatic rings. The highest BCUT2D eigenvalue weighted by Gasteiger charge is 2.16. The smallest absolute Gasteiger partial charge is 0.310 e. The van der Waals surface area contributed by atoms with Crippen LogP contribution in [0.4, 0.5) is 5.69 Å². The number of ether oxygens (including phenoxy) is 1. The lowest BCUT2D eigenvalue weighted by Gasteiger charge is -2.19. The Labute approximate surface area is 101 Å². The summed E-state index contributed by atoms with van der Waals surface area (Å²) in [4.78, 5) is 11.5. The minimum atomic E-state index is -0.459. The summed E-state index contributed by atoms with van der Waals surface area (Å²) in [6.45, 7) is 5.51. The number of carbonyl (C=O) groups is 1. The van der Waals surface area contributed by atoms with E-state index >= 15 is 0 Å². The Hall–Kier alpha value is -2.02. The number of nitrogens with zero attached hydrogens (tertiary/aromatic N) is 1. The molecule has 0 unspecified atom stereocenters. The maximum atomic E-state index is 11.5. The lowest BCUT2D eigenvalue weighted by Crippen LogP contribution is -2.24. The van der Waals surface area contributed by atoms with Crippen molar-refractivity contribution in [1.29, 1.82) is 5.26 Å². The van der Waals surface area contributed by atoms with Crippen LogP contribution in [0.15, 0.2) is 24.3 Å². The molecule has 0 fully saturated rings. The molecule has 4 heteroatoms. The molecular formula is C13H16N2O2. The van der Waals surface area contributed by atoms with Crippen LogP contribution in [0, 0.1) is 11.5 Å². The van der Waals surface area contributed by atoms with Gasteiger partial charge in [0.05, 0.1) is 6.42 Å². The van der Waals surface area contributed by atoms with Gasteiger partial charge in [0, 0.05) is 5.69 Å². The molecule has 0 amide bonds. The van der Waals surface area contributed by atoms with Crippen LogP contribution in [0.5, 0.6) is 0 Å². The standard InChI is InChI=1S/C13H16N2O2/c1-13(2,3)17-12(16)8-10-4-6-11(7-5-10)15-9-14/h4-7,15H,8H2,1-3H3. The van der Waals surface area contributed by atoms with Crippen molar-refractivity contribution in [3.8, 4) is 6.19 Å². The van der Waals surface area contributed by atoms with Gasteiger partial charge in [0.15, 0.2) is 6.19 Å². The number of nitrogens with one attached hydrogen (secondary N) is 1. The summed E-state index contributed by atoms with van der Waals surface area (Å²) in [6.07, 6.45) is 2.07. The average Bonchev–Trinajstić information content (AvgIpc) is 2.18. The Morgan fingerprint density at radius 2 is 1.94 bits per heavy atom. The molecular weight excluding hydrogens is 216 g/mol. The molecule has 4 nitrogen and oxygen atoms in total. The highest BCUT2D eigenvalue weighted by Crippen LogP contribution is 2.12. The van der Waals surface area contributed by atoms with Gasteiger partial charge in [-0.3, -0.25) is 10.1 Å². The number of anilines is 1. The van der Waals surface area contributed by atoms with Crippen LogP contribution in [0.2, 0.25) is 0 Å². The first-order chi connectivity index (χ1) is 7.90. The van der Waals surface area contributed by atoms with Crippen LogP contribution in [0.25, 0.3) is 0 Å². The van der Waals surface area contributed by atoms with E-state index in [4.69, 9.17) is 10.00 Å². The Morgan fingerprint density at radius 1 is 1.35 bits per heavy atom. The summed E-state index contributed by atoms with van der Waals surface area (Å²) in [6, 6.07) is 7.10. The van der Waals surface area contributed by atoms with Crippen molar-refractivity contribution < 1.29 is 9.53 Å². The van der Waals surface area contributed by atoms with Crippen LogP contribution in [0.1, 0.15) is 26.3 Å². The molecule has 0 saturated carbocycles. The number of hydrogen-bond acceptors (Lipinski definition) is 4. The third-order valence-corrected chi connectivity index (χ3v) is 1.92. The summed E-state index contributed by atoms with van der Waals surface area (Å²) >= 11 is 0. The van der Waals surface area contributed by atoms with Crippen molar-refractivity contribution in [3.05, 3.63) is 29.8 Å². The lowest BCUT2D eigenvalue weighted by atomic mass is 10.1. The summed E-state index contributed by atoms with van der Waals surface area (Å²) in [5, 5.41) is 10.9. The zero-order chi connectivity index (χ0) is 12.9. The van der Waals surface area contributed by atoms with Gasteiger partial charge in [0.25, 0.3) is 0 Å². The van der Waals surface area contributed by atoms with Gasteiger partial charge in [-0.1, -0.05) is 12.1 Å². The molecule has 17 heavy (non-hydrogen) atoms. The van der Waals surface area contributed by atoms with Crippen molar-refractivity contribution in [2.75, 3.05) is 5.32 Å². The summed E-state index contributed by atoms with van der Waals surface area (Å²) < 4.78 is 5.21. The number of rotatable bonds is 3. The van der Waals surface area contributed by atoms with Crippen LogP contribution < -0.4 is 5.32 Å². The van der Waals surface area contributed by atoms with Crippen molar-refractivity contribution in [2.24, 2.45) is 0 Å². The van der Waals surface area contributed by atoms with Crippen LogP contribution in [-0.2, 0) is 16.0 Å². The summed E-state index contributed by atoms with van der Waals surface area (Å²) in [5.74, 6) is -0.251. The van der Waals surface area contributed by atoms with E-state index in [0.717, 1.165) is 5.56 Å². The second-order valence-electron chi connectivity index (χ2n) is 4.70. The molecule has 0 aliphatic carbocycles. The Kier molecular flexibility index (Phi) is 4.11. The number of esters is 1. The van der Waals surface area contributed by atoms with E-state index in [1.807, 2.05) is 27.0 Å². The quantitative estimate of drug-likeness (QED) is 0.494. The average molecular weight is 232 g/mol. The van der Waals surface area contributed by atoms with E-state index in [0.29, 0.717) is 5.69 Å². The van der Waals surface area contributed by atoms with E-state index in [-0.39, 0.29) is 12.4 Å². The summed E-state index contributed by atoms with van der Waals surface area (Å²) in [5.41, 5.74) is 1.11. The fraction of sp³-hybridized carbons (Fsp3) is 0.385. The maximum Gasteiger partial charge on any atom is 0.310 e. The van der Waals surface area contributed by atoms with Gasteiger partial charge in [-0.2, -0.15) is 5.26 Å². The Balaban J connectivity index is 2.58. The zero-order valence-corrected chi connectivity index (χ0v) is 10.3. The van der Waals surface area contributed by atoms with Gasteiger partial charge >= 0.3 is 5.97 Å². The molecule has 0 aromatic heterocycles. The monoisotopic (exact) mass is 232 g/mol. The molecule has 1 aromatic carbocycles. The minimum Gasteiger partial charge on any atom is -0.460 e. The lowest BCUT2D eigenvalue weighted by molar-refractivity contribution is -0.153. The molecule has 90 valence electrons. The zero-order valence-electron chi connectivity index (χ0n) is 10.3. The van der Waals surface area contributed by atoms with Crippen molar-refractivity contribution in [1.82, 2.24) is 0 Å². The Bertz CT molecular complexity index is 424. The van der Waals surface area contributed by atoms with E-state index in [1.54, 1.807) is 24.3 Å². The van der Waals surface area contributed by atoms with Crippen LogP contribution >= 0.6 is 0 Å². The predicted molar refractivity (Wildman–Crippen MR) is 65.2 cm³/mol. The molecule has 0 saturated heterocycles. The van der Waals surface area contributed by atoms with Crippen molar-refractivity contribution in [2.45, 2.75) is 32.8 Å². The third-order valence-electron chi connectivity index (χ3n) is 1.92. The van der Waals surface area contributed by atoms with E-state index < -0.39 is 5.60 Å². The molecule has 0 atom stereocenters. The second-order valence-corrected chi connectivity index (χ2v) is 4.70. The van der Waals surface area contributed by atoms with Gasteiger partial charge in [0.2, 0.25) is 0 Å². The molecule has 1 N–H and O–H groups in total. The molecule has 0 aliphatic heterocycles. The molecule has 1 rings (SSSR count). The maximum absolute atomic E-state index is 11.5. The third kappa shape index (κ3) is 5.03. The normalized spacial score (nSPS) is 10.5. The molecule has 0 bridgehead atoms. The van der Waals surface area contributed by atoms with E-state index in [9.17, 15) is 4.79 Å². The van der Waals surface area contributed by atoms with Gasteiger partial charge in [0.1, 0.15) is 5.60 Å². The topological polar surface area (TPSA) is 62.1 Å². The number of hydrogen-bond donors (Lipinski definition) is 1. The van der Waals surface area contributed by atoms with Crippen molar-refractivity contribution >= 4 is 11.7 Å². The highest BCUT2D eigenvalue weighted by molar-refractivity contribution is 5.73. The fourth-order valence-corrected chi connectivity index (χ4v) is 1.31. The molecule has 0 radical (unpaired) electrons. The van der Waals surface area contributed by atoms with E-state index in [1.165, 1.54) is 0 Å². The predicted octanol–water partition coefficient (Wildman–Crippen LogP) is 2.46. The fourth-order valence-electron chi connectivity index (χ4n) is 1.31. The number of nitriles is 1. The van der Waals surface area contributed by atoms with Gasteiger partial charge in [-0.15, -0.1) is 0 Å². The van der Waals surface area contributed by atoms with E-state index in [2.05, 4.69) is 5.32 Å². The number of benzene rings is 1. The first kappa shape index (κ1) is 13.0. The highest BCUT2D eigenvalue weighted by atomic mass is 16.6. The van der Waals surface area contributed by atoms with Crippen LogP contribution in [0.3, 0.4) is 0 Å². The van der Waals surface area contributed by atoms with Crippen LogP contribution in [-0.4, -0.2) is 11.6 Å². The second kappa shape index (κ2) is 5.35. The minimum absolute atomic E-state index is 0.240. The molecule has 0 spiro atoms.